The Kier molecular flexibility index (Phi) is 13.7. The number of aliphatic hydroxyl groups excluding tert-OH is 1. The van der Waals surface area contributed by atoms with E-state index in [0.717, 1.165) is 6.67 Å². The molecule has 1 aliphatic rings. The van der Waals surface area contributed by atoms with Crippen molar-refractivity contribution in [2.24, 2.45) is 0 Å². The van der Waals surface area contributed by atoms with Gasteiger partial charge in [-0.3, -0.25) is 0 Å². The molecule has 1 aliphatic heterocycles. The average molecular weight is 405 g/mol. The van der Waals surface area contributed by atoms with E-state index in [1.165, 1.54) is 82.9 Å². The zero-order valence-electron chi connectivity index (χ0n) is 18.4. The van der Waals surface area contributed by atoms with Gasteiger partial charge in [-0.2, -0.15) is 0 Å². The van der Waals surface area contributed by atoms with E-state index in [0.29, 0.717) is 5.56 Å². The molecule has 0 saturated carbocycles. The number of hydrogen-bond acceptors (Lipinski definition) is 4. The van der Waals surface area contributed by atoms with Crippen LogP contribution in [0.15, 0.2) is 36.7 Å². The summed E-state index contributed by atoms with van der Waals surface area (Å²) >= 11 is 0. The van der Waals surface area contributed by atoms with Gasteiger partial charge in [0.25, 0.3) is 0 Å². The van der Waals surface area contributed by atoms with Crippen LogP contribution >= 0.6 is 0 Å². The third-order valence-electron chi connectivity index (χ3n) is 5.09. The Morgan fingerprint density at radius 2 is 1.59 bits per heavy atom. The standard InChI is InChI=1S/C16H32N2.C8H8O3/c1-3-4-5-6-7-8-9-10-11-12-13-18-15-14-17(2)16-18;9-5-6-2-1-3-7(4-6)8(10)11/h14-15H,3-13,16H2,1-2H3;1-4,9H,5H2,(H,10,11). The van der Waals surface area contributed by atoms with Gasteiger partial charge in [0.2, 0.25) is 0 Å². The first-order chi connectivity index (χ1) is 14.1. The van der Waals surface area contributed by atoms with Gasteiger partial charge in [-0.25, -0.2) is 4.79 Å². The normalized spacial score (nSPS) is 12.8. The first-order valence-corrected chi connectivity index (χ1v) is 11.1. The van der Waals surface area contributed by atoms with Crippen LogP contribution in [0.4, 0.5) is 0 Å². The topological polar surface area (TPSA) is 64.0 Å². The number of carboxylic acid groups (broad SMARTS) is 1. The molecule has 0 bridgehead atoms. The minimum absolute atomic E-state index is 0.124. The maximum Gasteiger partial charge on any atom is 0.335 e. The molecule has 0 atom stereocenters. The number of rotatable bonds is 13. The van der Waals surface area contributed by atoms with Gasteiger partial charge < -0.3 is 20.0 Å². The number of hydrogen-bond donors (Lipinski definition) is 2. The van der Waals surface area contributed by atoms with Crippen molar-refractivity contribution >= 4 is 5.97 Å². The minimum atomic E-state index is -0.972. The number of benzene rings is 1. The SMILES string of the molecule is CCCCCCCCCCCCN1C=CN(C)C1.O=C(O)c1cccc(CO)c1. The van der Waals surface area contributed by atoms with Gasteiger partial charge in [-0.05, 0) is 24.1 Å². The van der Waals surface area contributed by atoms with E-state index in [4.69, 9.17) is 10.2 Å². The van der Waals surface area contributed by atoms with E-state index in [2.05, 4.69) is 36.2 Å². The van der Waals surface area contributed by atoms with E-state index < -0.39 is 5.97 Å². The lowest BCUT2D eigenvalue weighted by molar-refractivity contribution is 0.0696. The number of carboxylic acids is 1. The van der Waals surface area contributed by atoms with Crippen LogP contribution in [0.5, 0.6) is 0 Å². The fourth-order valence-corrected chi connectivity index (χ4v) is 3.34. The molecule has 0 amide bonds. The number of aliphatic hydroxyl groups is 1. The van der Waals surface area contributed by atoms with Crippen LogP contribution in [0.1, 0.15) is 87.1 Å². The molecule has 0 unspecified atom stereocenters. The smallest absolute Gasteiger partial charge is 0.335 e. The molecule has 2 N–H and O–H groups in total. The van der Waals surface area contributed by atoms with Crippen LogP contribution in [0.2, 0.25) is 0 Å². The van der Waals surface area contributed by atoms with E-state index in [1.54, 1.807) is 12.1 Å². The van der Waals surface area contributed by atoms with E-state index in [1.807, 2.05) is 0 Å². The molecule has 164 valence electrons. The highest BCUT2D eigenvalue weighted by Gasteiger charge is 2.06. The number of nitrogens with zero attached hydrogens (tertiary/aromatic N) is 2. The Morgan fingerprint density at radius 1 is 0.966 bits per heavy atom. The number of aromatic carboxylic acids is 1. The molecular formula is C24H40N2O3. The van der Waals surface area contributed by atoms with Crippen molar-refractivity contribution in [2.75, 3.05) is 20.3 Å². The summed E-state index contributed by atoms with van der Waals surface area (Å²) in [5, 5.41) is 17.2. The summed E-state index contributed by atoms with van der Waals surface area (Å²) in [6.45, 7) is 4.48. The van der Waals surface area contributed by atoms with Crippen LogP contribution in [0, 0.1) is 0 Å². The first-order valence-electron chi connectivity index (χ1n) is 11.1. The Bertz CT molecular complexity index is 589. The van der Waals surface area contributed by atoms with Crippen molar-refractivity contribution in [1.29, 1.82) is 0 Å². The highest BCUT2D eigenvalue weighted by molar-refractivity contribution is 5.87. The molecule has 0 aliphatic carbocycles. The fourth-order valence-electron chi connectivity index (χ4n) is 3.34. The third-order valence-corrected chi connectivity index (χ3v) is 5.09. The van der Waals surface area contributed by atoms with Crippen molar-refractivity contribution in [1.82, 2.24) is 9.80 Å². The molecule has 2 rings (SSSR count). The van der Waals surface area contributed by atoms with Gasteiger partial charge >= 0.3 is 5.97 Å². The fraction of sp³-hybridized carbons (Fsp3) is 0.625. The highest BCUT2D eigenvalue weighted by atomic mass is 16.4. The largest absolute Gasteiger partial charge is 0.478 e. The van der Waals surface area contributed by atoms with Gasteiger partial charge in [0.15, 0.2) is 0 Å². The molecule has 0 aromatic heterocycles. The summed E-state index contributed by atoms with van der Waals surface area (Å²) in [6.07, 6.45) is 18.6. The lowest BCUT2D eigenvalue weighted by Crippen LogP contribution is -2.23. The van der Waals surface area contributed by atoms with E-state index in [-0.39, 0.29) is 12.2 Å². The molecule has 1 aromatic carbocycles. The van der Waals surface area contributed by atoms with Crippen LogP contribution in [-0.2, 0) is 6.61 Å². The van der Waals surface area contributed by atoms with Crippen molar-refractivity contribution < 1.29 is 15.0 Å². The number of carbonyl (C=O) groups is 1. The van der Waals surface area contributed by atoms with Gasteiger partial charge in [-0.15, -0.1) is 0 Å². The molecule has 1 heterocycles. The summed E-state index contributed by atoms with van der Waals surface area (Å²) in [7, 11) is 2.13. The third kappa shape index (κ3) is 12.2. The van der Waals surface area contributed by atoms with Crippen LogP contribution in [-0.4, -0.2) is 46.2 Å². The zero-order valence-corrected chi connectivity index (χ0v) is 18.4. The summed E-state index contributed by atoms with van der Waals surface area (Å²) in [5.74, 6) is -0.972. The van der Waals surface area contributed by atoms with Gasteiger partial charge in [0.1, 0.15) is 0 Å². The molecule has 5 heteroatoms. The van der Waals surface area contributed by atoms with Crippen LogP contribution in [0.25, 0.3) is 0 Å². The maximum atomic E-state index is 10.4. The molecular weight excluding hydrogens is 364 g/mol. The lowest BCUT2D eigenvalue weighted by atomic mass is 10.1. The van der Waals surface area contributed by atoms with Crippen LogP contribution in [0.3, 0.4) is 0 Å². The van der Waals surface area contributed by atoms with E-state index in [9.17, 15) is 4.79 Å². The zero-order chi connectivity index (χ0) is 21.3. The molecule has 0 spiro atoms. The minimum Gasteiger partial charge on any atom is -0.478 e. The molecule has 5 nitrogen and oxygen atoms in total. The van der Waals surface area contributed by atoms with Crippen molar-refractivity contribution in [3.8, 4) is 0 Å². The Balaban J connectivity index is 0.000000326. The molecule has 0 fully saturated rings. The summed E-state index contributed by atoms with van der Waals surface area (Å²) in [4.78, 5) is 15.0. The summed E-state index contributed by atoms with van der Waals surface area (Å²) in [5.41, 5.74) is 0.821. The van der Waals surface area contributed by atoms with Crippen molar-refractivity contribution in [2.45, 2.75) is 77.7 Å². The lowest BCUT2D eigenvalue weighted by Gasteiger charge is -2.17. The molecule has 0 saturated heterocycles. The van der Waals surface area contributed by atoms with E-state index >= 15 is 0 Å². The molecule has 1 aromatic rings. The second-order valence-electron chi connectivity index (χ2n) is 7.85. The maximum absolute atomic E-state index is 10.4. The second kappa shape index (κ2) is 15.9. The Morgan fingerprint density at radius 3 is 2.10 bits per heavy atom. The van der Waals surface area contributed by atoms with Crippen molar-refractivity contribution in [3.63, 3.8) is 0 Å². The van der Waals surface area contributed by atoms with Gasteiger partial charge in [0.05, 0.1) is 18.8 Å². The highest BCUT2D eigenvalue weighted by Crippen LogP contribution is 2.12. The van der Waals surface area contributed by atoms with Gasteiger partial charge in [-0.1, -0.05) is 76.8 Å². The monoisotopic (exact) mass is 404 g/mol. The summed E-state index contributed by atoms with van der Waals surface area (Å²) < 4.78 is 0. The predicted molar refractivity (Wildman–Crippen MR) is 120 cm³/mol. The Hall–Kier alpha value is -2.01. The van der Waals surface area contributed by atoms with Gasteiger partial charge in [0, 0.05) is 26.0 Å². The second-order valence-corrected chi connectivity index (χ2v) is 7.85. The Labute approximate surface area is 177 Å². The molecule has 0 radical (unpaired) electrons. The van der Waals surface area contributed by atoms with Crippen molar-refractivity contribution in [3.05, 3.63) is 47.8 Å². The quantitative estimate of drug-likeness (QED) is 0.427. The van der Waals surface area contributed by atoms with Crippen LogP contribution < -0.4 is 0 Å². The summed E-state index contributed by atoms with van der Waals surface area (Å²) in [6, 6.07) is 6.21. The average Bonchev–Trinajstić information content (AvgIpc) is 3.15. The predicted octanol–water partition coefficient (Wildman–Crippen LogP) is 5.46. The first kappa shape index (κ1) is 25.0. The number of unbranched alkanes of at least 4 members (excludes halogenated alkanes) is 9. The molecule has 29 heavy (non-hydrogen) atoms.